The number of amides is 1. The summed E-state index contributed by atoms with van der Waals surface area (Å²) >= 11 is 0. The number of anilines is 1. The third kappa shape index (κ3) is 4.16. The van der Waals surface area contributed by atoms with Crippen LogP contribution in [0.2, 0.25) is 0 Å². The molecule has 1 amide bonds. The molecular weight excluding hydrogens is 446 g/mol. The van der Waals surface area contributed by atoms with Crippen LogP contribution in [0.15, 0.2) is 82.2 Å². The summed E-state index contributed by atoms with van der Waals surface area (Å²) in [6.07, 6.45) is 0. The summed E-state index contributed by atoms with van der Waals surface area (Å²) in [6.45, 7) is 0.164. The molecule has 0 saturated heterocycles. The van der Waals surface area contributed by atoms with Crippen molar-refractivity contribution in [3.63, 3.8) is 0 Å². The van der Waals surface area contributed by atoms with Gasteiger partial charge in [-0.25, -0.2) is 13.6 Å². The molecule has 1 aliphatic rings. The van der Waals surface area contributed by atoms with Gasteiger partial charge >= 0.3 is 0 Å². The number of ether oxygens (including phenoxy) is 2. The van der Waals surface area contributed by atoms with E-state index in [2.05, 4.69) is 10.5 Å². The molecule has 0 radical (unpaired) electrons. The summed E-state index contributed by atoms with van der Waals surface area (Å²) in [6, 6.07) is 20.0. The number of nitrogens with zero attached hydrogens (tertiary/aromatic N) is 1. The summed E-state index contributed by atoms with van der Waals surface area (Å²) in [5.41, 5.74) is 2.81. The van der Waals surface area contributed by atoms with Gasteiger partial charge in [-0.3, -0.25) is 4.79 Å². The van der Waals surface area contributed by atoms with Gasteiger partial charge in [0.1, 0.15) is 5.69 Å². The highest BCUT2D eigenvalue weighted by atomic mass is 32.2. The van der Waals surface area contributed by atoms with Crippen molar-refractivity contribution < 1.29 is 27.2 Å². The van der Waals surface area contributed by atoms with E-state index >= 15 is 0 Å². The zero-order valence-electron chi connectivity index (χ0n) is 17.0. The zero-order valence-corrected chi connectivity index (χ0v) is 17.8. The SMILES string of the molecule is NS(=O)(=O)c1ccccc1-c1ccc(NC(=O)c2cc(-c3ccc4c(c3)OCO4)no2)cc1. The number of fused-ring (bicyclic) bond motifs is 1. The summed E-state index contributed by atoms with van der Waals surface area (Å²) in [7, 11) is -3.87. The van der Waals surface area contributed by atoms with E-state index in [1.54, 1.807) is 60.7 Å². The Balaban J connectivity index is 1.33. The topological polar surface area (TPSA) is 134 Å². The summed E-state index contributed by atoms with van der Waals surface area (Å²) in [5, 5.41) is 12.0. The summed E-state index contributed by atoms with van der Waals surface area (Å²) < 4.78 is 39.6. The predicted octanol–water partition coefficient (Wildman–Crippen LogP) is 3.64. The lowest BCUT2D eigenvalue weighted by atomic mass is 10.1. The quantitative estimate of drug-likeness (QED) is 0.461. The number of aromatic nitrogens is 1. The lowest BCUT2D eigenvalue weighted by Gasteiger charge is -2.09. The number of nitrogens with two attached hydrogens (primary N) is 1. The van der Waals surface area contributed by atoms with Gasteiger partial charge in [0.25, 0.3) is 5.91 Å². The Hall–Kier alpha value is -4.15. The van der Waals surface area contributed by atoms with Crippen molar-refractivity contribution in [3.8, 4) is 33.9 Å². The van der Waals surface area contributed by atoms with Crippen LogP contribution in [0.4, 0.5) is 5.69 Å². The largest absolute Gasteiger partial charge is 0.454 e. The number of carbonyl (C=O) groups is 1. The molecule has 1 aliphatic heterocycles. The first kappa shape index (κ1) is 20.7. The standard InChI is InChI=1S/C23H17N3O6S/c24-33(28,29)22-4-2-1-3-17(22)14-5-8-16(9-6-14)25-23(27)21-12-18(26-32-21)15-7-10-19-20(11-15)31-13-30-19/h1-12H,13H2,(H,25,27)(H2,24,28,29). The van der Waals surface area contributed by atoms with E-state index in [0.717, 1.165) is 5.56 Å². The molecule has 33 heavy (non-hydrogen) atoms. The Morgan fingerprint density at radius 2 is 1.64 bits per heavy atom. The molecule has 0 spiro atoms. The molecule has 0 atom stereocenters. The molecule has 3 aromatic carbocycles. The number of carbonyl (C=O) groups excluding carboxylic acids is 1. The minimum absolute atomic E-state index is 0.0273. The lowest BCUT2D eigenvalue weighted by molar-refractivity contribution is 0.0988. The van der Waals surface area contributed by atoms with Crippen molar-refractivity contribution in [2.75, 3.05) is 12.1 Å². The van der Waals surface area contributed by atoms with E-state index in [-0.39, 0.29) is 17.4 Å². The fourth-order valence-corrected chi connectivity index (χ4v) is 4.21. The molecule has 0 saturated carbocycles. The minimum Gasteiger partial charge on any atom is -0.454 e. The molecular formula is C23H17N3O6S. The first-order chi connectivity index (χ1) is 15.9. The molecule has 0 fully saturated rings. The Bertz CT molecular complexity index is 1460. The van der Waals surface area contributed by atoms with Crippen molar-refractivity contribution in [1.29, 1.82) is 0 Å². The van der Waals surface area contributed by atoms with E-state index in [0.29, 0.717) is 34.0 Å². The van der Waals surface area contributed by atoms with Crippen molar-refractivity contribution >= 4 is 21.6 Å². The van der Waals surface area contributed by atoms with Crippen molar-refractivity contribution in [1.82, 2.24) is 5.16 Å². The molecule has 10 heteroatoms. The fraction of sp³-hybridized carbons (Fsp3) is 0.0435. The zero-order chi connectivity index (χ0) is 23.0. The normalized spacial score (nSPS) is 12.5. The summed E-state index contributed by atoms with van der Waals surface area (Å²) in [4.78, 5) is 12.6. The highest BCUT2D eigenvalue weighted by Gasteiger charge is 2.19. The van der Waals surface area contributed by atoms with Gasteiger partial charge in [-0.15, -0.1) is 0 Å². The number of nitrogens with one attached hydrogen (secondary N) is 1. The average molecular weight is 463 g/mol. The molecule has 4 aromatic rings. The first-order valence-corrected chi connectivity index (χ1v) is 11.3. The highest BCUT2D eigenvalue weighted by Crippen LogP contribution is 2.35. The Kier molecular flexibility index (Phi) is 5.08. The maximum atomic E-state index is 12.6. The van der Waals surface area contributed by atoms with Crippen molar-refractivity contribution in [2.45, 2.75) is 4.90 Å². The number of sulfonamides is 1. The van der Waals surface area contributed by atoms with Crippen LogP contribution in [0.3, 0.4) is 0 Å². The molecule has 2 heterocycles. The van der Waals surface area contributed by atoms with Crippen LogP contribution in [-0.4, -0.2) is 26.3 Å². The van der Waals surface area contributed by atoms with E-state index in [9.17, 15) is 13.2 Å². The monoisotopic (exact) mass is 463 g/mol. The molecule has 9 nitrogen and oxygen atoms in total. The van der Waals surface area contributed by atoms with Gasteiger partial charge in [0.15, 0.2) is 11.5 Å². The number of rotatable bonds is 5. The van der Waals surface area contributed by atoms with Gasteiger partial charge in [0.2, 0.25) is 22.6 Å². The number of hydrogen-bond acceptors (Lipinski definition) is 7. The maximum absolute atomic E-state index is 12.6. The first-order valence-electron chi connectivity index (χ1n) is 9.79. The van der Waals surface area contributed by atoms with Crippen LogP contribution in [-0.2, 0) is 10.0 Å². The van der Waals surface area contributed by atoms with Gasteiger partial charge in [0, 0.05) is 22.9 Å². The molecule has 166 valence electrons. The minimum atomic E-state index is -3.87. The number of hydrogen-bond donors (Lipinski definition) is 2. The average Bonchev–Trinajstić information content (AvgIpc) is 3.48. The molecule has 3 N–H and O–H groups in total. The molecule has 0 bridgehead atoms. The molecule has 5 rings (SSSR count). The predicted molar refractivity (Wildman–Crippen MR) is 119 cm³/mol. The second kappa shape index (κ2) is 8.08. The second-order valence-corrected chi connectivity index (χ2v) is 8.75. The molecule has 0 aliphatic carbocycles. The van der Waals surface area contributed by atoms with Crippen LogP contribution in [0.5, 0.6) is 11.5 Å². The van der Waals surface area contributed by atoms with Crippen molar-refractivity contribution in [2.24, 2.45) is 5.14 Å². The molecule has 1 aromatic heterocycles. The van der Waals surface area contributed by atoms with Gasteiger partial charge in [-0.05, 0) is 42.0 Å². The number of benzene rings is 3. The Labute approximate surface area is 188 Å². The third-order valence-electron chi connectivity index (χ3n) is 5.05. The van der Waals surface area contributed by atoms with Crippen LogP contribution in [0.25, 0.3) is 22.4 Å². The lowest BCUT2D eigenvalue weighted by Crippen LogP contribution is -2.13. The van der Waals surface area contributed by atoms with E-state index < -0.39 is 15.9 Å². The van der Waals surface area contributed by atoms with Gasteiger partial charge in [-0.2, -0.15) is 0 Å². The van der Waals surface area contributed by atoms with Crippen LogP contribution < -0.4 is 19.9 Å². The number of primary sulfonamides is 1. The Morgan fingerprint density at radius 3 is 2.42 bits per heavy atom. The van der Waals surface area contributed by atoms with E-state index in [1.807, 2.05) is 0 Å². The van der Waals surface area contributed by atoms with Crippen LogP contribution >= 0.6 is 0 Å². The van der Waals surface area contributed by atoms with Crippen LogP contribution in [0.1, 0.15) is 10.6 Å². The smallest absolute Gasteiger partial charge is 0.294 e. The Morgan fingerprint density at radius 1 is 0.909 bits per heavy atom. The maximum Gasteiger partial charge on any atom is 0.294 e. The third-order valence-corrected chi connectivity index (χ3v) is 6.02. The van der Waals surface area contributed by atoms with Gasteiger partial charge in [-0.1, -0.05) is 35.5 Å². The van der Waals surface area contributed by atoms with Gasteiger partial charge in [0.05, 0.1) is 4.90 Å². The summed E-state index contributed by atoms with van der Waals surface area (Å²) in [5.74, 6) is 0.805. The van der Waals surface area contributed by atoms with Crippen LogP contribution in [0, 0.1) is 0 Å². The van der Waals surface area contributed by atoms with E-state index in [4.69, 9.17) is 19.1 Å². The fourth-order valence-electron chi connectivity index (χ4n) is 3.45. The van der Waals surface area contributed by atoms with Gasteiger partial charge < -0.3 is 19.3 Å². The highest BCUT2D eigenvalue weighted by molar-refractivity contribution is 7.89. The van der Waals surface area contributed by atoms with Crippen molar-refractivity contribution in [3.05, 3.63) is 78.6 Å². The second-order valence-electron chi connectivity index (χ2n) is 7.22. The molecule has 0 unspecified atom stereocenters. The van der Waals surface area contributed by atoms with E-state index in [1.165, 1.54) is 12.1 Å².